The van der Waals surface area contributed by atoms with Crippen LogP contribution in [0.25, 0.3) is 22.6 Å². The van der Waals surface area contributed by atoms with Crippen LogP contribution in [0.3, 0.4) is 0 Å². The number of halogens is 1. The van der Waals surface area contributed by atoms with Crippen LogP contribution in [0.2, 0.25) is 0 Å². The minimum Gasteiger partial charge on any atom is -0.507 e. The van der Waals surface area contributed by atoms with Crippen molar-refractivity contribution in [1.29, 1.82) is 0 Å². The van der Waals surface area contributed by atoms with E-state index in [2.05, 4.69) is 32.8 Å². The molecule has 0 unspecified atom stereocenters. The van der Waals surface area contributed by atoms with Crippen molar-refractivity contribution in [3.8, 4) is 28.7 Å². The number of nitrogens with zero attached hydrogens (tertiary/aromatic N) is 2. The lowest BCUT2D eigenvalue weighted by Gasteiger charge is -2.03. The number of rotatable bonds is 4. The third-order valence-electron chi connectivity index (χ3n) is 4.92. The van der Waals surface area contributed by atoms with Crippen LogP contribution in [0.1, 0.15) is 18.1 Å². The highest BCUT2D eigenvalue weighted by Crippen LogP contribution is 2.37. The molecule has 0 radical (unpaired) electrons. The average molecular weight is 465 g/mol. The number of phenolic OH excluding ortho intramolecular Hbond substituents is 1. The van der Waals surface area contributed by atoms with Crippen molar-refractivity contribution in [3.63, 3.8) is 0 Å². The topological polar surface area (TPSA) is 77.1 Å². The van der Waals surface area contributed by atoms with E-state index in [-0.39, 0.29) is 12.5 Å². The highest BCUT2D eigenvalue weighted by molar-refractivity contribution is 9.10. The smallest absolute Gasteiger partial charge is 0.231 e. The number of aliphatic imine (C=N–C) groups is 1. The molecule has 5 rings (SSSR count). The number of aromatic hydroxyl groups is 1. The summed E-state index contributed by atoms with van der Waals surface area (Å²) in [6, 6.07) is 14.7. The van der Waals surface area contributed by atoms with Crippen LogP contribution in [0.5, 0.6) is 17.2 Å². The Hall–Kier alpha value is -3.32. The molecule has 7 heteroatoms. The lowest BCUT2D eigenvalue weighted by Crippen LogP contribution is -1.92. The molecular formula is C23H17BrN2O4. The van der Waals surface area contributed by atoms with E-state index >= 15 is 0 Å². The lowest BCUT2D eigenvalue weighted by atomic mass is 10.1. The van der Waals surface area contributed by atoms with Gasteiger partial charge >= 0.3 is 0 Å². The van der Waals surface area contributed by atoms with Gasteiger partial charge in [-0.2, -0.15) is 0 Å². The zero-order valence-corrected chi connectivity index (χ0v) is 17.6. The summed E-state index contributed by atoms with van der Waals surface area (Å²) in [6.07, 6.45) is 2.64. The summed E-state index contributed by atoms with van der Waals surface area (Å²) < 4.78 is 17.5. The number of phenols is 1. The molecule has 0 bridgehead atoms. The van der Waals surface area contributed by atoms with E-state index in [1.165, 1.54) is 5.56 Å². The predicted octanol–water partition coefficient (Wildman–Crippen LogP) is 6.00. The summed E-state index contributed by atoms with van der Waals surface area (Å²) in [6.45, 7) is 2.31. The van der Waals surface area contributed by atoms with Crippen molar-refractivity contribution in [3.05, 3.63) is 64.1 Å². The molecule has 0 aliphatic carbocycles. The van der Waals surface area contributed by atoms with E-state index in [0.717, 1.165) is 22.0 Å². The normalized spacial score (nSPS) is 12.9. The molecule has 3 aromatic carbocycles. The lowest BCUT2D eigenvalue weighted by molar-refractivity contribution is 0.174. The summed E-state index contributed by atoms with van der Waals surface area (Å²) in [4.78, 5) is 9.09. The van der Waals surface area contributed by atoms with Crippen molar-refractivity contribution in [1.82, 2.24) is 4.98 Å². The number of fused-ring (bicyclic) bond motifs is 2. The van der Waals surface area contributed by atoms with Gasteiger partial charge in [0.1, 0.15) is 11.3 Å². The molecule has 30 heavy (non-hydrogen) atoms. The second-order valence-electron chi connectivity index (χ2n) is 6.86. The molecule has 150 valence electrons. The van der Waals surface area contributed by atoms with E-state index in [1.54, 1.807) is 24.4 Å². The monoisotopic (exact) mass is 464 g/mol. The van der Waals surface area contributed by atoms with Gasteiger partial charge in [-0.25, -0.2) is 4.98 Å². The fraction of sp³-hybridized carbons (Fsp3) is 0.130. The third-order valence-corrected chi connectivity index (χ3v) is 5.60. The van der Waals surface area contributed by atoms with Gasteiger partial charge in [0.25, 0.3) is 0 Å². The number of benzene rings is 3. The van der Waals surface area contributed by atoms with Gasteiger partial charge < -0.3 is 19.0 Å². The Morgan fingerprint density at radius 3 is 2.77 bits per heavy atom. The molecule has 1 aliphatic heterocycles. The van der Waals surface area contributed by atoms with Crippen LogP contribution < -0.4 is 9.47 Å². The van der Waals surface area contributed by atoms with Crippen molar-refractivity contribution in [2.24, 2.45) is 4.99 Å². The Balaban J connectivity index is 1.49. The number of hydrogen-bond acceptors (Lipinski definition) is 6. The quantitative estimate of drug-likeness (QED) is 0.374. The van der Waals surface area contributed by atoms with Crippen LogP contribution in [-0.4, -0.2) is 23.1 Å². The first kappa shape index (κ1) is 18.7. The van der Waals surface area contributed by atoms with Crippen molar-refractivity contribution in [2.75, 3.05) is 6.79 Å². The Morgan fingerprint density at radius 2 is 1.93 bits per heavy atom. The highest BCUT2D eigenvalue weighted by atomic mass is 79.9. The zero-order chi connectivity index (χ0) is 20.7. The van der Waals surface area contributed by atoms with Crippen LogP contribution in [0, 0.1) is 0 Å². The molecule has 6 nitrogen and oxygen atoms in total. The summed E-state index contributed by atoms with van der Waals surface area (Å²) >= 11 is 3.53. The maximum atomic E-state index is 10.4. The first-order valence-corrected chi connectivity index (χ1v) is 10.3. The SMILES string of the molecule is CCc1ccc2oc(-c3cc(N=Cc4cc5c(cc4Br)OCO5)ccc3O)nc2c1. The van der Waals surface area contributed by atoms with E-state index in [4.69, 9.17) is 13.9 Å². The molecule has 0 atom stereocenters. The Morgan fingerprint density at radius 1 is 1.10 bits per heavy atom. The summed E-state index contributed by atoms with van der Waals surface area (Å²) in [7, 11) is 0. The zero-order valence-electron chi connectivity index (χ0n) is 16.1. The Bertz CT molecular complexity index is 1300. The van der Waals surface area contributed by atoms with Gasteiger partial charge in [0.15, 0.2) is 17.1 Å². The first-order valence-electron chi connectivity index (χ1n) is 9.47. The Labute approximate surface area is 180 Å². The minimum atomic E-state index is 0.0838. The largest absolute Gasteiger partial charge is 0.507 e. The van der Waals surface area contributed by atoms with Crippen LogP contribution >= 0.6 is 15.9 Å². The molecule has 1 aliphatic rings. The Kier molecular flexibility index (Phi) is 4.67. The molecule has 1 aromatic heterocycles. The van der Waals surface area contributed by atoms with E-state index in [0.29, 0.717) is 34.2 Å². The maximum absolute atomic E-state index is 10.4. The van der Waals surface area contributed by atoms with Gasteiger partial charge in [0.2, 0.25) is 12.7 Å². The number of aryl methyl sites for hydroxylation is 1. The summed E-state index contributed by atoms with van der Waals surface area (Å²) in [5, 5.41) is 10.4. The van der Waals surface area contributed by atoms with Gasteiger partial charge in [0.05, 0.1) is 11.3 Å². The maximum Gasteiger partial charge on any atom is 0.231 e. The summed E-state index contributed by atoms with van der Waals surface area (Å²) in [5.74, 6) is 1.83. The van der Waals surface area contributed by atoms with Gasteiger partial charge in [-0.15, -0.1) is 0 Å². The number of hydrogen-bond donors (Lipinski definition) is 1. The van der Waals surface area contributed by atoms with E-state index in [9.17, 15) is 5.11 Å². The average Bonchev–Trinajstić information content (AvgIpc) is 3.38. The second kappa shape index (κ2) is 7.50. The van der Waals surface area contributed by atoms with Gasteiger partial charge in [-0.05, 0) is 70.4 Å². The van der Waals surface area contributed by atoms with Crippen molar-refractivity contribution >= 4 is 38.9 Å². The molecule has 0 saturated carbocycles. The number of ether oxygens (including phenoxy) is 2. The molecule has 0 amide bonds. The van der Waals surface area contributed by atoms with E-state index < -0.39 is 0 Å². The van der Waals surface area contributed by atoms with Crippen LogP contribution in [0.4, 0.5) is 5.69 Å². The summed E-state index contributed by atoms with van der Waals surface area (Å²) in [5.41, 5.74) is 4.62. The molecule has 4 aromatic rings. The molecule has 0 saturated heterocycles. The molecule has 0 spiro atoms. The minimum absolute atomic E-state index is 0.0838. The van der Waals surface area contributed by atoms with Crippen LogP contribution in [-0.2, 0) is 6.42 Å². The first-order chi connectivity index (χ1) is 14.6. The van der Waals surface area contributed by atoms with Crippen molar-refractivity contribution in [2.45, 2.75) is 13.3 Å². The van der Waals surface area contributed by atoms with Crippen LogP contribution in [0.15, 0.2) is 62.4 Å². The second-order valence-corrected chi connectivity index (χ2v) is 7.72. The van der Waals surface area contributed by atoms with Crippen molar-refractivity contribution < 1.29 is 19.0 Å². The van der Waals surface area contributed by atoms with E-state index in [1.807, 2.05) is 30.3 Å². The van der Waals surface area contributed by atoms with Gasteiger partial charge in [0, 0.05) is 16.3 Å². The molecule has 1 N–H and O–H groups in total. The molecular weight excluding hydrogens is 448 g/mol. The van der Waals surface area contributed by atoms with Gasteiger partial charge in [-0.1, -0.05) is 13.0 Å². The third kappa shape index (κ3) is 3.41. The molecule has 0 fully saturated rings. The highest BCUT2D eigenvalue weighted by Gasteiger charge is 2.16. The standard InChI is InChI=1S/C23H17BrN2O4/c1-2-13-3-6-20-18(7-13)26-23(30-20)16-9-15(4-5-19(16)27)25-11-14-8-21-22(10-17(14)24)29-12-28-21/h3-11,27H,2,12H2,1H3. The number of oxazole rings is 1. The molecule has 2 heterocycles. The van der Waals surface area contributed by atoms with Gasteiger partial charge in [-0.3, -0.25) is 4.99 Å². The predicted molar refractivity (Wildman–Crippen MR) is 118 cm³/mol. The fourth-order valence-electron chi connectivity index (χ4n) is 3.26. The fourth-order valence-corrected chi connectivity index (χ4v) is 3.68. The number of aromatic nitrogens is 1.